The molecule has 0 unspecified atom stereocenters. The molecule has 104 valence electrons. The van der Waals surface area contributed by atoms with E-state index in [1.807, 2.05) is 0 Å². The molecule has 0 aromatic heterocycles. The van der Waals surface area contributed by atoms with Crippen LogP contribution in [0.25, 0.3) is 0 Å². The van der Waals surface area contributed by atoms with E-state index in [0.29, 0.717) is 0 Å². The van der Waals surface area contributed by atoms with Crippen LogP contribution >= 0.6 is 0 Å². The molecule has 0 aliphatic rings. The molecular weight excluding hydrogens is 355 g/mol. The molecule has 6 nitrogen and oxygen atoms in total. The van der Waals surface area contributed by atoms with Gasteiger partial charge in [0.2, 0.25) is 0 Å². The molecule has 0 amide bonds. The van der Waals surface area contributed by atoms with Gasteiger partial charge in [0.25, 0.3) is 0 Å². The van der Waals surface area contributed by atoms with E-state index in [9.17, 15) is 19.2 Å². The molecule has 7 heteroatoms. The Balaban J connectivity index is -0.0000000900. The van der Waals surface area contributed by atoms with Crippen molar-refractivity contribution in [2.45, 2.75) is 27.7 Å². The molecule has 2 N–H and O–H groups in total. The molecule has 0 fully saturated rings. The maximum Gasteiger partial charge on any atom is 2.00 e. The van der Waals surface area contributed by atoms with Crippen molar-refractivity contribution in [2.24, 2.45) is 0 Å². The van der Waals surface area contributed by atoms with Crippen LogP contribution in [0.15, 0.2) is 0 Å². The van der Waals surface area contributed by atoms with Gasteiger partial charge in [-0.25, -0.2) is 0 Å². The fourth-order valence-electron chi connectivity index (χ4n) is 0.572. The predicted octanol–water partition coefficient (Wildman–Crippen LogP) is 0.642. The van der Waals surface area contributed by atoms with Crippen LogP contribution in [0.4, 0.5) is 0 Å². The van der Waals surface area contributed by atoms with Crippen molar-refractivity contribution in [3.63, 3.8) is 0 Å². The maximum absolute atomic E-state index is 9.98. The average Bonchev–Trinajstić information content (AvgIpc) is 2.14. The summed E-state index contributed by atoms with van der Waals surface area (Å²) in [5.74, 6) is -0.750. The van der Waals surface area contributed by atoms with Gasteiger partial charge in [0.1, 0.15) is 0 Å². The molecule has 19 heavy (non-hydrogen) atoms. The molecule has 0 aliphatic heterocycles. The smallest absolute Gasteiger partial charge is 0.334 e. The average molecular weight is 373 g/mol. The first kappa shape index (κ1) is 26.2. The Morgan fingerprint density at radius 1 is 0.684 bits per heavy atom. The van der Waals surface area contributed by atoms with Crippen LogP contribution in [0.3, 0.4) is 0 Å². The van der Waals surface area contributed by atoms with Crippen molar-refractivity contribution in [3.8, 4) is 0 Å². The summed E-state index contributed by atoms with van der Waals surface area (Å²) >= 11 is 0. The minimum atomic E-state index is -0.187. The molecule has 0 spiro atoms. The van der Waals surface area contributed by atoms with E-state index in [1.165, 1.54) is 27.7 Å². The summed E-state index contributed by atoms with van der Waals surface area (Å²) in [7, 11) is 0. The number of nitrogens with one attached hydrogen (secondary N) is 2. The van der Waals surface area contributed by atoms with E-state index >= 15 is 0 Å². The van der Waals surface area contributed by atoms with Gasteiger partial charge in [0.05, 0.1) is 0 Å². The molecule has 0 bridgehead atoms. The quantitative estimate of drug-likeness (QED) is 0.319. The maximum atomic E-state index is 9.98. The molecule has 0 rings (SSSR count). The molecular formula is C12H18N2O4Sn. The van der Waals surface area contributed by atoms with E-state index in [-0.39, 0.29) is 47.0 Å². The minimum Gasteiger partial charge on any atom is -0.334 e. The van der Waals surface area contributed by atoms with Crippen LogP contribution in [-0.2, 0) is 19.2 Å². The number of Topliss-reactive ketones (excluding diaryl/α,β-unsaturated/α-hetero) is 4. The first-order chi connectivity index (χ1) is 8.17. The molecule has 0 aliphatic carbocycles. The Labute approximate surface area is 130 Å². The fourth-order valence-corrected chi connectivity index (χ4v) is 0.572. The van der Waals surface area contributed by atoms with Gasteiger partial charge in [-0.3, -0.25) is 12.8 Å². The second-order valence-electron chi connectivity index (χ2n) is 3.06. The van der Waals surface area contributed by atoms with Crippen LogP contribution in [0.2, 0.25) is 0 Å². The van der Waals surface area contributed by atoms with E-state index in [2.05, 4.69) is 0 Å². The Kier molecular flexibility index (Phi) is 26.1. The zero-order valence-electron chi connectivity index (χ0n) is 11.4. The zero-order chi connectivity index (χ0) is 15.1. The largest absolute Gasteiger partial charge is 2.00 e. The van der Waals surface area contributed by atoms with Gasteiger partial charge >= 0.3 is 23.9 Å². The summed E-state index contributed by atoms with van der Waals surface area (Å²) < 4.78 is 0. The van der Waals surface area contributed by atoms with Crippen molar-refractivity contribution >= 4 is 59.5 Å². The molecule has 0 aromatic rings. The standard InChI is InChI=1S/2C5H7O2.C2H4N2.Sn/c2*1-4(6)3-5(2)7;3-1-2-4;/h2*3H,1-2H3;1-4H;/q2*-1;;+2. The third-order valence-corrected chi connectivity index (χ3v) is 0.896. The van der Waals surface area contributed by atoms with Crippen molar-refractivity contribution in [1.82, 2.24) is 0 Å². The summed E-state index contributed by atoms with van der Waals surface area (Å²) in [5, 5.41) is 12.2. The third kappa shape index (κ3) is 61.4. The first-order valence-electron chi connectivity index (χ1n) is 4.88. The molecule has 0 aromatic carbocycles. The van der Waals surface area contributed by atoms with Crippen LogP contribution in [-0.4, -0.2) is 59.5 Å². The van der Waals surface area contributed by atoms with Crippen molar-refractivity contribution in [1.29, 1.82) is 10.8 Å². The molecule has 0 atom stereocenters. The number of hydrogen-bond acceptors (Lipinski definition) is 6. The summed E-state index contributed by atoms with van der Waals surface area (Å²) in [6.45, 7) is 5.39. The zero-order valence-corrected chi connectivity index (χ0v) is 14.3. The van der Waals surface area contributed by atoms with Gasteiger partial charge in [0, 0.05) is 35.6 Å². The predicted molar refractivity (Wildman–Crippen MR) is 74.6 cm³/mol. The van der Waals surface area contributed by atoms with Gasteiger partial charge in [-0.1, -0.05) is 0 Å². The number of ketones is 4. The van der Waals surface area contributed by atoms with Crippen molar-refractivity contribution in [2.75, 3.05) is 0 Å². The number of carbonyl (C=O) groups excluding carboxylic acids is 4. The van der Waals surface area contributed by atoms with Crippen LogP contribution in [0.5, 0.6) is 0 Å². The molecule has 0 saturated carbocycles. The van der Waals surface area contributed by atoms with Gasteiger partial charge in [0.15, 0.2) is 0 Å². The van der Waals surface area contributed by atoms with Gasteiger partial charge in [-0.05, 0) is 27.7 Å². The SMILES string of the molecule is CC(=O)[CH-]C(C)=O.CC(=O)[CH-]C(C)=O.N=CC=N.[Sn+2]. The number of hydrogen-bond donors (Lipinski definition) is 2. The first-order valence-corrected chi connectivity index (χ1v) is 4.88. The van der Waals surface area contributed by atoms with Crippen molar-refractivity contribution in [3.05, 3.63) is 12.8 Å². The Hall–Kier alpha value is -1.44. The van der Waals surface area contributed by atoms with E-state index in [0.717, 1.165) is 25.3 Å². The van der Waals surface area contributed by atoms with Crippen LogP contribution in [0.1, 0.15) is 27.7 Å². The van der Waals surface area contributed by atoms with E-state index in [1.54, 1.807) is 0 Å². The summed E-state index contributed by atoms with van der Waals surface area (Å²) in [6, 6.07) is 0. The second kappa shape index (κ2) is 18.9. The Morgan fingerprint density at radius 3 is 0.842 bits per heavy atom. The second-order valence-corrected chi connectivity index (χ2v) is 3.06. The summed E-state index contributed by atoms with van der Waals surface area (Å²) in [6.07, 6.45) is 3.94. The molecule has 0 heterocycles. The number of carbonyl (C=O) groups is 4. The molecule has 2 radical (unpaired) electrons. The number of rotatable bonds is 5. The fraction of sp³-hybridized carbons (Fsp3) is 0.333. The van der Waals surface area contributed by atoms with E-state index < -0.39 is 0 Å². The van der Waals surface area contributed by atoms with E-state index in [4.69, 9.17) is 10.8 Å². The summed E-state index contributed by atoms with van der Waals surface area (Å²) in [5.41, 5.74) is 0. The van der Waals surface area contributed by atoms with Crippen molar-refractivity contribution < 1.29 is 19.2 Å². The minimum absolute atomic E-state index is 0. The normalized spacial score (nSPS) is 6.74. The third-order valence-electron chi connectivity index (χ3n) is 0.896. The Morgan fingerprint density at radius 2 is 0.842 bits per heavy atom. The van der Waals surface area contributed by atoms with Crippen LogP contribution < -0.4 is 0 Å². The summed E-state index contributed by atoms with van der Waals surface area (Å²) in [4.78, 5) is 39.9. The van der Waals surface area contributed by atoms with Gasteiger partial charge in [-0.15, -0.1) is 0 Å². The van der Waals surface area contributed by atoms with Gasteiger partial charge < -0.3 is 30.0 Å². The van der Waals surface area contributed by atoms with Gasteiger partial charge in [-0.2, -0.15) is 0 Å². The molecule has 0 saturated heterocycles. The monoisotopic (exact) mass is 374 g/mol. The Bertz CT molecular complexity index is 272. The topological polar surface area (TPSA) is 116 Å². The van der Waals surface area contributed by atoms with Crippen LogP contribution in [0, 0.1) is 23.7 Å².